The zero-order valence-corrected chi connectivity index (χ0v) is 8.21. The molecule has 2 N–H and O–H groups in total. The molecule has 0 spiro atoms. The van der Waals surface area contributed by atoms with E-state index in [1.54, 1.807) is 4.90 Å². The van der Waals surface area contributed by atoms with Gasteiger partial charge in [-0.1, -0.05) is 0 Å². The molecule has 0 aromatic rings. The maximum Gasteiger partial charge on any atom is 0.257 e. The molecule has 0 aromatic heterocycles. The Labute approximate surface area is 83.2 Å². The van der Waals surface area contributed by atoms with E-state index in [1.807, 2.05) is 6.07 Å². The van der Waals surface area contributed by atoms with Crippen LogP contribution in [-0.2, 0) is 4.79 Å². The van der Waals surface area contributed by atoms with Gasteiger partial charge < -0.3 is 10.2 Å². The third-order valence-electron chi connectivity index (χ3n) is 2.34. The minimum atomic E-state index is -0.840. The molecule has 5 nitrogen and oxygen atoms in total. The lowest BCUT2D eigenvalue weighted by atomic mass is 10.1. The standard InChI is InChI=1S/C9H14N4O/c1-12-9(14)7(6-10)13-5-3-2-4-8(13)11/h7,11H,2-5H2,1H3,(H,12,14). The Kier molecular flexibility index (Phi) is 3.46. The quantitative estimate of drug-likeness (QED) is 0.653. The van der Waals surface area contributed by atoms with E-state index in [4.69, 9.17) is 10.7 Å². The van der Waals surface area contributed by atoms with Gasteiger partial charge in [0.2, 0.25) is 0 Å². The van der Waals surface area contributed by atoms with Gasteiger partial charge in [0.15, 0.2) is 6.04 Å². The number of nitriles is 1. The van der Waals surface area contributed by atoms with E-state index >= 15 is 0 Å². The largest absolute Gasteiger partial charge is 0.356 e. The number of carbonyl (C=O) groups excluding carboxylic acids is 1. The van der Waals surface area contributed by atoms with E-state index in [2.05, 4.69) is 5.32 Å². The van der Waals surface area contributed by atoms with E-state index in [9.17, 15) is 4.79 Å². The number of carbonyl (C=O) groups is 1. The van der Waals surface area contributed by atoms with E-state index in [-0.39, 0.29) is 5.91 Å². The number of hydrogen-bond donors (Lipinski definition) is 2. The predicted octanol–water partition coefficient (Wildman–Crippen LogP) is 0.0877. The maximum atomic E-state index is 11.3. The Morgan fingerprint density at radius 2 is 2.43 bits per heavy atom. The molecule has 76 valence electrons. The summed E-state index contributed by atoms with van der Waals surface area (Å²) in [5, 5.41) is 18.9. The monoisotopic (exact) mass is 194 g/mol. The molecule has 0 aromatic carbocycles. The number of hydrogen-bond acceptors (Lipinski definition) is 3. The van der Waals surface area contributed by atoms with E-state index in [0.29, 0.717) is 18.8 Å². The second-order valence-corrected chi connectivity index (χ2v) is 3.24. The molecule has 1 rings (SSSR count). The second kappa shape index (κ2) is 4.61. The molecule has 0 radical (unpaired) electrons. The molecule has 1 aliphatic rings. The maximum absolute atomic E-state index is 11.3. The Morgan fingerprint density at radius 1 is 1.71 bits per heavy atom. The average Bonchev–Trinajstić information content (AvgIpc) is 2.21. The molecule has 0 bridgehead atoms. The van der Waals surface area contributed by atoms with Gasteiger partial charge in [-0.05, 0) is 12.8 Å². The number of amidine groups is 1. The van der Waals surface area contributed by atoms with E-state index in [0.717, 1.165) is 12.8 Å². The Bertz CT molecular complexity index is 281. The molecule has 1 aliphatic heterocycles. The van der Waals surface area contributed by atoms with Crippen LogP contribution in [0.3, 0.4) is 0 Å². The Hall–Kier alpha value is -1.57. The third-order valence-corrected chi connectivity index (χ3v) is 2.34. The van der Waals surface area contributed by atoms with Crippen molar-refractivity contribution in [1.29, 1.82) is 10.7 Å². The first-order chi connectivity index (χ1) is 6.70. The highest BCUT2D eigenvalue weighted by Gasteiger charge is 2.28. The van der Waals surface area contributed by atoms with Gasteiger partial charge in [-0.25, -0.2) is 0 Å². The minimum absolute atomic E-state index is 0.334. The average molecular weight is 194 g/mol. The summed E-state index contributed by atoms with van der Waals surface area (Å²) in [5.41, 5.74) is 0. The fourth-order valence-electron chi connectivity index (χ4n) is 1.54. The van der Waals surface area contributed by atoms with Gasteiger partial charge in [-0.2, -0.15) is 5.26 Å². The number of amides is 1. The van der Waals surface area contributed by atoms with Crippen molar-refractivity contribution in [2.75, 3.05) is 13.6 Å². The topological polar surface area (TPSA) is 80.0 Å². The fourth-order valence-corrected chi connectivity index (χ4v) is 1.54. The number of likely N-dealkylation sites (N-methyl/N-ethyl adjacent to an activating group) is 1. The zero-order valence-electron chi connectivity index (χ0n) is 8.21. The molecule has 1 heterocycles. The molecule has 14 heavy (non-hydrogen) atoms. The third kappa shape index (κ3) is 2.02. The van der Waals surface area contributed by atoms with Crippen LogP contribution in [0.25, 0.3) is 0 Å². The molecule has 1 unspecified atom stereocenters. The summed E-state index contributed by atoms with van der Waals surface area (Å²) >= 11 is 0. The van der Waals surface area contributed by atoms with Crippen LogP contribution in [0.1, 0.15) is 19.3 Å². The first-order valence-electron chi connectivity index (χ1n) is 4.66. The normalized spacial score (nSPS) is 18.6. The van der Waals surface area contributed by atoms with Crippen molar-refractivity contribution in [2.24, 2.45) is 0 Å². The first-order valence-corrected chi connectivity index (χ1v) is 4.66. The number of piperidine rings is 1. The van der Waals surface area contributed by atoms with Crippen LogP contribution in [-0.4, -0.2) is 36.3 Å². The summed E-state index contributed by atoms with van der Waals surface area (Å²) in [6.07, 6.45) is 2.58. The van der Waals surface area contributed by atoms with Crippen LogP contribution in [0.5, 0.6) is 0 Å². The molecule has 5 heteroatoms. The van der Waals surface area contributed by atoms with Gasteiger partial charge in [0.25, 0.3) is 5.91 Å². The van der Waals surface area contributed by atoms with Gasteiger partial charge in [0, 0.05) is 20.0 Å². The number of nitrogens with zero attached hydrogens (tertiary/aromatic N) is 2. The minimum Gasteiger partial charge on any atom is -0.356 e. The lowest BCUT2D eigenvalue weighted by Crippen LogP contribution is -2.49. The highest BCUT2D eigenvalue weighted by molar-refractivity contribution is 5.90. The van der Waals surface area contributed by atoms with Crippen molar-refractivity contribution >= 4 is 11.7 Å². The van der Waals surface area contributed by atoms with Crippen molar-refractivity contribution in [3.63, 3.8) is 0 Å². The molecule has 0 saturated carbocycles. The van der Waals surface area contributed by atoms with Crippen molar-refractivity contribution in [1.82, 2.24) is 10.2 Å². The van der Waals surface area contributed by atoms with Gasteiger partial charge >= 0.3 is 0 Å². The van der Waals surface area contributed by atoms with Gasteiger partial charge in [-0.15, -0.1) is 0 Å². The summed E-state index contributed by atoms with van der Waals surface area (Å²) in [5.74, 6) is 0.0607. The highest BCUT2D eigenvalue weighted by Crippen LogP contribution is 2.13. The lowest BCUT2D eigenvalue weighted by molar-refractivity contribution is -0.123. The molecule has 1 amide bonds. The summed E-state index contributed by atoms with van der Waals surface area (Å²) in [4.78, 5) is 12.9. The molecule has 1 fully saturated rings. The SMILES string of the molecule is CNC(=O)C(C#N)N1CCCCC1=N. The molecular weight excluding hydrogens is 180 g/mol. The molecule has 0 aliphatic carbocycles. The number of likely N-dealkylation sites (tertiary alicyclic amines) is 1. The Balaban J connectivity index is 2.73. The van der Waals surface area contributed by atoms with E-state index in [1.165, 1.54) is 7.05 Å². The smallest absolute Gasteiger partial charge is 0.257 e. The predicted molar refractivity (Wildman–Crippen MR) is 51.8 cm³/mol. The fraction of sp³-hybridized carbons (Fsp3) is 0.667. The first kappa shape index (κ1) is 10.5. The van der Waals surface area contributed by atoms with Crippen LogP contribution < -0.4 is 5.32 Å². The van der Waals surface area contributed by atoms with Crippen LogP contribution in [0.2, 0.25) is 0 Å². The van der Waals surface area contributed by atoms with Crippen LogP contribution in [0, 0.1) is 16.7 Å². The second-order valence-electron chi connectivity index (χ2n) is 3.24. The van der Waals surface area contributed by atoms with Crippen molar-refractivity contribution in [3.8, 4) is 6.07 Å². The van der Waals surface area contributed by atoms with Crippen LogP contribution in [0.15, 0.2) is 0 Å². The number of nitrogens with one attached hydrogen (secondary N) is 2. The summed E-state index contributed by atoms with van der Waals surface area (Å²) in [6, 6.07) is 1.09. The van der Waals surface area contributed by atoms with E-state index < -0.39 is 6.04 Å². The van der Waals surface area contributed by atoms with Gasteiger partial charge in [0.1, 0.15) is 0 Å². The lowest BCUT2D eigenvalue weighted by Gasteiger charge is -2.31. The summed E-state index contributed by atoms with van der Waals surface area (Å²) in [7, 11) is 1.50. The zero-order chi connectivity index (χ0) is 10.6. The summed E-state index contributed by atoms with van der Waals surface area (Å²) in [6.45, 7) is 0.629. The van der Waals surface area contributed by atoms with Crippen molar-refractivity contribution < 1.29 is 4.79 Å². The molecular formula is C9H14N4O. The van der Waals surface area contributed by atoms with Crippen molar-refractivity contribution in [2.45, 2.75) is 25.3 Å². The highest BCUT2D eigenvalue weighted by atomic mass is 16.2. The van der Waals surface area contributed by atoms with Gasteiger partial charge in [-0.3, -0.25) is 10.2 Å². The molecule has 1 atom stereocenters. The number of rotatable bonds is 2. The molecule has 1 saturated heterocycles. The van der Waals surface area contributed by atoms with Gasteiger partial charge in [0.05, 0.1) is 11.9 Å². The Morgan fingerprint density at radius 3 is 2.93 bits per heavy atom. The summed E-state index contributed by atoms with van der Waals surface area (Å²) < 4.78 is 0. The van der Waals surface area contributed by atoms with Crippen LogP contribution in [0.4, 0.5) is 0 Å². The van der Waals surface area contributed by atoms with Crippen molar-refractivity contribution in [3.05, 3.63) is 0 Å². The van der Waals surface area contributed by atoms with Crippen LogP contribution >= 0.6 is 0 Å².